The van der Waals surface area contributed by atoms with E-state index in [-0.39, 0.29) is 0 Å². The van der Waals surface area contributed by atoms with Crippen LogP contribution in [0.3, 0.4) is 0 Å². The highest BCUT2D eigenvalue weighted by molar-refractivity contribution is 7.15. The van der Waals surface area contributed by atoms with Gasteiger partial charge in [-0.1, -0.05) is 35.9 Å². The van der Waals surface area contributed by atoms with Crippen LogP contribution < -0.4 is 10.2 Å². The zero-order valence-corrected chi connectivity index (χ0v) is 15.6. The number of hydrogen-bond acceptors (Lipinski definition) is 5. The number of anilines is 1. The van der Waals surface area contributed by atoms with Gasteiger partial charge in [-0.2, -0.15) is 5.10 Å². The number of rotatable bonds is 6. The number of hydrazone groups is 1. The number of para-hydroxylation sites is 1. The average molecular weight is 372 g/mol. The summed E-state index contributed by atoms with van der Waals surface area (Å²) in [5.74, 6) is 0.773. The van der Waals surface area contributed by atoms with Crippen molar-refractivity contribution < 1.29 is 4.74 Å². The van der Waals surface area contributed by atoms with Gasteiger partial charge in [0.25, 0.3) is 0 Å². The number of nitrogens with zero attached hydrogens (tertiary/aromatic N) is 2. The van der Waals surface area contributed by atoms with Crippen molar-refractivity contribution in [3.05, 3.63) is 75.3 Å². The highest BCUT2D eigenvalue weighted by atomic mass is 35.5. The molecule has 0 radical (unpaired) electrons. The lowest BCUT2D eigenvalue weighted by atomic mass is 10.2. The molecule has 1 heterocycles. The van der Waals surface area contributed by atoms with Crippen LogP contribution >= 0.6 is 22.9 Å². The van der Waals surface area contributed by atoms with E-state index in [1.165, 1.54) is 4.88 Å². The predicted molar refractivity (Wildman–Crippen MR) is 105 cm³/mol. The third-order valence-corrected chi connectivity index (χ3v) is 4.85. The van der Waals surface area contributed by atoms with Gasteiger partial charge in [0.1, 0.15) is 12.4 Å². The molecule has 25 heavy (non-hydrogen) atoms. The summed E-state index contributed by atoms with van der Waals surface area (Å²) in [6, 6.07) is 15.4. The number of thiazole rings is 1. The largest absolute Gasteiger partial charge is 0.488 e. The number of halogens is 1. The van der Waals surface area contributed by atoms with E-state index in [4.69, 9.17) is 16.3 Å². The van der Waals surface area contributed by atoms with Gasteiger partial charge in [-0.3, -0.25) is 5.43 Å². The second kappa shape index (κ2) is 8.14. The van der Waals surface area contributed by atoms with E-state index in [9.17, 15) is 0 Å². The summed E-state index contributed by atoms with van der Waals surface area (Å²) >= 11 is 7.49. The summed E-state index contributed by atoms with van der Waals surface area (Å²) < 4.78 is 5.91. The topological polar surface area (TPSA) is 46.5 Å². The van der Waals surface area contributed by atoms with Gasteiger partial charge in [0.05, 0.1) is 11.9 Å². The Hall–Kier alpha value is -2.37. The Kier molecular flexibility index (Phi) is 5.68. The summed E-state index contributed by atoms with van der Waals surface area (Å²) in [7, 11) is 0. The van der Waals surface area contributed by atoms with Crippen LogP contribution in [0.25, 0.3) is 0 Å². The molecule has 1 N–H and O–H groups in total. The quantitative estimate of drug-likeness (QED) is 0.463. The van der Waals surface area contributed by atoms with Crippen LogP contribution in [-0.4, -0.2) is 11.2 Å². The molecule has 0 atom stereocenters. The Bertz CT molecular complexity index is 855. The smallest absolute Gasteiger partial charge is 0.203 e. The standard InChI is InChI=1S/C19H18ClN3OS/c1-13-14(2)25-19(22-13)23-21-11-16-5-3-4-6-18(16)24-12-15-7-9-17(20)10-8-15/h3-11H,12H2,1-2H3,(H,22,23)/b21-11+. The van der Waals surface area contributed by atoms with Gasteiger partial charge < -0.3 is 4.74 Å². The predicted octanol–water partition coefficient (Wildman–Crippen LogP) is 5.44. The van der Waals surface area contributed by atoms with E-state index in [0.717, 1.165) is 32.7 Å². The number of nitrogens with one attached hydrogen (secondary N) is 1. The van der Waals surface area contributed by atoms with Crippen LogP contribution in [0.15, 0.2) is 53.6 Å². The van der Waals surface area contributed by atoms with Crippen LogP contribution in [0, 0.1) is 13.8 Å². The Balaban J connectivity index is 1.65. The van der Waals surface area contributed by atoms with Crippen molar-refractivity contribution in [3.8, 4) is 5.75 Å². The lowest BCUT2D eigenvalue weighted by Gasteiger charge is -2.09. The summed E-state index contributed by atoms with van der Waals surface area (Å²) in [6.07, 6.45) is 1.74. The Morgan fingerprint density at radius 2 is 1.92 bits per heavy atom. The molecule has 0 saturated carbocycles. The van der Waals surface area contributed by atoms with Crippen LogP contribution in [-0.2, 0) is 6.61 Å². The second-order valence-corrected chi connectivity index (χ2v) is 7.12. The van der Waals surface area contributed by atoms with Crippen LogP contribution in [0.5, 0.6) is 5.75 Å². The molecule has 0 fully saturated rings. The first kappa shape index (κ1) is 17.5. The average Bonchev–Trinajstić information content (AvgIpc) is 2.93. The van der Waals surface area contributed by atoms with Gasteiger partial charge in [-0.05, 0) is 43.7 Å². The van der Waals surface area contributed by atoms with Gasteiger partial charge in [-0.15, -0.1) is 11.3 Å². The maximum Gasteiger partial charge on any atom is 0.203 e. The first-order chi connectivity index (χ1) is 12.1. The summed E-state index contributed by atoms with van der Waals surface area (Å²) in [5.41, 5.74) is 5.95. The van der Waals surface area contributed by atoms with E-state index in [1.54, 1.807) is 17.6 Å². The fourth-order valence-corrected chi connectivity index (χ4v) is 3.03. The molecule has 3 aromatic rings. The Morgan fingerprint density at radius 3 is 2.64 bits per heavy atom. The molecule has 4 nitrogen and oxygen atoms in total. The lowest BCUT2D eigenvalue weighted by Crippen LogP contribution is -1.99. The second-order valence-electron chi connectivity index (χ2n) is 5.48. The first-order valence-electron chi connectivity index (χ1n) is 7.81. The minimum Gasteiger partial charge on any atom is -0.488 e. The SMILES string of the molecule is Cc1nc(N/N=C/c2ccccc2OCc2ccc(Cl)cc2)sc1C. The Morgan fingerprint density at radius 1 is 1.16 bits per heavy atom. The maximum atomic E-state index is 5.91. The van der Waals surface area contributed by atoms with E-state index in [2.05, 4.69) is 15.5 Å². The summed E-state index contributed by atoms with van der Waals surface area (Å²) in [5, 5.41) is 5.77. The van der Waals surface area contributed by atoms with Crippen molar-refractivity contribution in [2.45, 2.75) is 20.5 Å². The van der Waals surface area contributed by atoms with Crippen LogP contribution in [0.1, 0.15) is 21.7 Å². The fraction of sp³-hybridized carbons (Fsp3) is 0.158. The van der Waals surface area contributed by atoms with E-state index < -0.39 is 0 Å². The van der Waals surface area contributed by atoms with Gasteiger partial charge in [0.15, 0.2) is 0 Å². The van der Waals surface area contributed by atoms with Crippen molar-refractivity contribution in [1.82, 2.24) is 4.98 Å². The molecule has 3 rings (SSSR count). The van der Waals surface area contributed by atoms with Gasteiger partial charge >= 0.3 is 0 Å². The highest BCUT2D eigenvalue weighted by Gasteiger charge is 2.03. The van der Waals surface area contributed by atoms with E-state index in [1.807, 2.05) is 62.4 Å². The number of ether oxygens (including phenoxy) is 1. The number of benzene rings is 2. The van der Waals surface area contributed by atoms with Gasteiger partial charge in [-0.25, -0.2) is 4.98 Å². The first-order valence-corrected chi connectivity index (χ1v) is 9.00. The normalized spacial score (nSPS) is 11.0. The highest BCUT2D eigenvalue weighted by Crippen LogP contribution is 2.22. The van der Waals surface area contributed by atoms with Crippen LogP contribution in [0.4, 0.5) is 5.13 Å². The molecular formula is C19H18ClN3OS. The third kappa shape index (κ3) is 4.81. The minimum absolute atomic E-state index is 0.473. The maximum absolute atomic E-state index is 5.91. The summed E-state index contributed by atoms with van der Waals surface area (Å²) in [4.78, 5) is 5.58. The molecule has 0 aliphatic carbocycles. The molecule has 128 valence electrons. The van der Waals surface area contributed by atoms with E-state index >= 15 is 0 Å². The zero-order valence-electron chi connectivity index (χ0n) is 14.0. The molecule has 6 heteroatoms. The van der Waals surface area contributed by atoms with Crippen LogP contribution in [0.2, 0.25) is 5.02 Å². The van der Waals surface area contributed by atoms with Crippen molar-refractivity contribution >= 4 is 34.3 Å². The molecule has 0 aliphatic heterocycles. The molecule has 0 saturated heterocycles. The van der Waals surface area contributed by atoms with Crippen molar-refractivity contribution in [2.75, 3.05) is 5.43 Å². The monoisotopic (exact) mass is 371 g/mol. The van der Waals surface area contributed by atoms with Gasteiger partial charge in [0, 0.05) is 15.5 Å². The minimum atomic E-state index is 0.473. The lowest BCUT2D eigenvalue weighted by molar-refractivity contribution is 0.306. The number of aromatic nitrogens is 1. The van der Waals surface area contributed by atoms with E-state index in [0.29, 0.717) is 6.61 Å². The zero-order chi connectivity index (χ0) is 17.6. The molecule has 0 bridgehead atoms. The molecule has 0 unspecified atom stereocenters. The fourth-order valence-electron chi connectivity index (χ4n) is 2.14. The molecule has 0 amide bonds. The third-order valence-electron chi connectivity index (χ3n) is 3.62. The number of aryl methyl sites for hydroxylation is 2. The molecule has 0 spiro atoms. The van der Waals surface area contributed by atoms with Gasteiger partial charge in [0.2, 0.25) is 5.13 Å². The van der Waals surface area contributed by atoms with Crippen molar-refractivity contribution in [2.24, 2.45) is 5.10 Å². The van der Waals surface area contributed by atoms with Crippen molar-refractivity contribution in [3.63, 3.8) is 0 Å². The number of hydrogen-bond donors (Lipinski definition) is 1. The summed E-state index contributed by atoms with van der Waals surface area (Å²) in [6.45, 7) is 4.50. The molecule has 0 aliphatic rings. The molecule has 1 aromatic heterocycles. The van der Waals surface area contributed by atoms with Crippen molar-refractivity contribution in [1.29, 1.82) is 0 Å². The Labute approximate surface area is 156 Å². The molecular weight excluding hydrogens is 354 g/mol. The molecule has 2 aromatic carbocycles.